The summed E-state index contributed by atoms with van der Waals surface area (Å²) in [4.78, 5) is 43.4. The number of nitrogens with zero attached hydrogens (tertiary/aromatic N) is 2. The van der Waals surface area contributed by atoms with Gasteiger partial charge in [0.15, 0.2) is 0 Å². The maximum absolute atomic E-state index is 13.3. The van der Waals surface area contributed by atoms with Crippen LogP contribution in [-0.2, 0) is 9.59 Å². The fourth-order valence-corrected chi connectivity index (χ4v) is 3.29. The van der Waals surface area contributed by atoms with E-state index in [2.05, 4.69) is 15.6 Å². The van der Waals surface area contributed by atoms with Crippen molar-refractivity contribution >= 4 is 28.6 Å². The van der Waals surface area contributed by atoms with Crippen molar-refractivity contribution in [3.8, 4) is 0 Å². The lowest BCUT2D eigenvalue weighted by molar-refractivity contribution is -0.132. The predicted octanol–water partition coefficient (Wildman–Crippen LogP) is 0.928. The molecule has 3 rings (SSSR count). The van der Waals surface area contributed by atoms with Crippen molar-refractivity contribution in [2.75, 3.05) is 20.1 Å². The molecule has 0 bridgehead atoms. The molecule has 0 spiro atoms. The van der Waals surface area contributed by atoms with Gasteiger partial charge in [-0.1, -0.05) is 18.2 Å². The van der Waals surface area contributed by atoms with Crippen molar-refractivity contribution in [1.82, 2.24) is 20.5 Å². The maximum Gasteiger partial charge on any atom is 0.255 e. The summed E-state index contributed by atoms with van der Waals surface area (Å²) < 4.78 is 0. The Morgan fingerprint density at radius 1 is 1.35 bits per heavy atom. The zero-order valence-electron chi connectivity index (χ0n) is 15.1. The first-order chi connectivity index (χ1) is 12.4. The molecule has 1 atom stereocenters. The Morgan fingerprint density at radius 2 is 2.12 bits per heavy atom. The molecule has 0 radical (unpaired) electrons. The van der Waals surface area contributed by atoms with Crippen LogP contribution in [0.15, 0.2) is 24.3 Å². The Bertz CT molecular complexity index is 894. The normalized spacial score (nSPS) is 17.1. The number of fused-ring (bicyclic) bond motifs is 1. The Labute approximate surface area is 151 Å². The summed E-state index contributed by atoms with van der Waals surface area (Å²) in [5.74, 6) is -0.842. The third-order valence-electron chi connectivity index (χ3n) is 4.65. The van der Waals surface area contributed by atoms with E-state index in [1.807, 2.05) is 32.0 Å². The number of rotatable bonds is 3. The minimum absolute atomic E-state index is 0.0604. The van der Waals surface area contributed by atoms with Gasteiger partial charge in [-0.25, -0.2) is 0 Å². The van der Waals surface area contributed by atoms with Gasteiger partial charge in [-0.2, -0.15) is 0 Å². The van der Waals surface area contributed by atoms with Crippen LogP contribution in [0.3, 0.4) is 0 Å². The predicted molar refractivity (Wildman–Crippen MR) is 97.7 cm³/mol. The van der Waals surface area contributed by atoms with Crippen LogP contribution in [0.2, 0.25) is 0 Å². The molecule has 1 fully saturated rings. The summed E-state index contributed by atoms with van der Waals surface area (Å²) in [6.07, 6.45) is -0.0604. The molecule has 2 N–H and O–H groups in total. The van der Waals surface area contributed by atoms with Crippen LogP contribution in [0.4, 0.5) is 0 Å². The fourth-order valence-electron chi connectivity index (χ4n) is 3.29. The first-order valence-electron chi connectivity index (χ1n) is 8.58. The van der Waals surface area contributed by atoms with Crippen LogP contribution in [0.25, 0.3) is 10.9 Å². The summed E-state index contributed by atoms with van der Waals surface area (Å²) in [5, 5.41) is 6.00. The number of carbonyl (C=O) groups is 3. The quantitative estimate of drug-likeness (QED) is 0.858. The number of pyridine rings is 1. The highest BCUT2D eigenvalue weighted by molar-refractivity contribution is 6.08. The maximum atomic E-state index is 13.3. The van der Waals surface area contributed by atoms with Crippen molar-refractivity contribution in [2.24, 2.45) is 0 Å². The second kappa shape index (κ2) is 7.11. The second-order valence-corrected chi connectivity index (χ2v) is 6.46. The van der Waals surface area contributed by atoms with Crippen molar-refractivity contribution in [1.29, 1.82) is 0 Å². The van der Waals surface area contributed by atoms with Gasteiger partial charge in [-0.3, -0.25) is 19.4 Å². The largest absolute Gasteiger partial charge is 0.359 e. The molecular weight excluding hydrogens is 332 g/mol. The first kappa shape index (κ1) is 17.8. The van der Waals surface area contributed by atoms with E-state index < -0.39 is 6.04 Å². The minimum Gasteiger partial charge on any atom is -0.359 e. The van der Waals surface area contributed by atoms with Gasteiger partial charge < -0.3 is 15.5 Å². The van der Waals surface area contributed by atoms with Crippen LogP contribution in [0.1, 0.15) is 28.0 Å². The molecule has 1 saturated heterocycles. The molecule has 1 unspecified atom stereocenters. The highest BCUT2D eigenvalue weighted by Crippen LogP contribution is 2.24. The van der Waals surface area contributed by atoms with Gasteiger partial charge in [0.25, 0.3) is 5.91 Å². The molecule has 7 nitrogen and oxygen atoms in total. The van der Waals surface area contributed by atoms with E-state index in [1.165, 1.54) is 11.9 Å². The summed E-state index contributed by atoms with van der Waals surface area (Å²) >= 11 is 0. The van der Waals surface area contributed by atoms with E-state index >= 15 is 0 Å². The molecule has 7 heteroatoms. The monoisotopic (exact) mass is 354 g/mol. The summed E-state index contributed by atoms with van der Waals surface area (Å²) in [6.45, 7) is 4.52. The number of hydrogen-bond donors (Lipinski definition) is 2. The third-order valence-corrected chi connectivity index (χ3v) is 4.65. The van der Waals surface area contributed by atoms with Crippen LogP contribution in [-0.4, -0.2) is 53.8 Å². The smallest absolute Gasteiger partial charge is 0.255 e. The van der Waals surface area contributed by atoms with E-state index in [9.17, 15) is 14.4 Å². The Kier molecular flexibility index (Phi) is 4.88. The second-order valence-electron chi connectivity index (χ2n) is 6.46. The van der Waals surface area contributed by atoms with Crippen molar-refractivity contribution in [2.45, 2.75) is 26.3 Å². The first-order valence-corrected chi connectivity index (χ1v) is 8.58. The summed E-state index contributed by atoms with van der Waals surface area (Å²) in [7, 11) is 1.51. The molecule has 1 aliphatic heterocycles. The summed E-state index contributed by atoms with van der Waals surface area (Å²) in [5.41, 5.74) is 3.01. The van der Waals surface area contributed by atoms with Crippen LogP contribution >= 0.6 is 0 Å². The highest BCUT2D eigenvalue weighted by atomic mass is 16.2. The van der Waals surface area contributed by atoms with Gasteiger partial charge in [0, 0.05) is 31.2 Å². The van der Waals surface area contributed by atoms with Gasteiger partial charge in [0.1, 0.15) is 6.04 Å². The van der Waals surface area contributed by atoms with Gasteiger partial charge in [0.2, 0.25) is 11.8 Å². The van der Waals surface area contributed by atoms with Gasteiger partial charge in [-0.05, 0) is 25.5 Å². The average molecular weight is 354 g/mol. The number of nitrogens with one attached hydrogen (secondary N) is 2. The lowest BCUT2D eigenvalue weighted by Gasteiger charge is -2.35. The highest BCUT2D eigenvalue weighted by Gasteiger charge is 2.35. The molecule has 136 valence electrons. The molecule has 2 aromatic rings. The molecule has 3 amide bonds. The topological polar surface area (TPSA) is 91.4 Å². The number of aromatic nitrogens is 1. The number of carbonyl (C=O) groups excluding carboxylic acids is 3. The number of piperazine rings is 1. The molecule has 1 aliphatic rings. The van der Waals surface area contributed by atoms with Crippen molar-refractivity contribution < 1.29 is 14.4 Å². The lowest BCUT2D eigenvalue weighted by Crippen LogP contribution is -2.58. The molecule has 26 heavy (non-hydrogen) atoms. The molecule has 1 aromatic heterocycles. The zero-order chi connectivity index (χ0) is 18.8. The third kappa shape index (κ3) is 3.24. The van der Waals surface area contributed by atoms with E-state index in [0.717, 1.165) is 22.2 Å². The zero-order valence-corrected chi connectivity index (χ0v) is 15.1. The number of aryl methyl sites for hydroxylation is 2. The molecular formula is C19H22N4O3. The van der Waals surface area contributed by atoms with E-state index in [4.69, 9.17) is 0 Å². The minimum atomic E-state index is -0.815. The fraction of sp³-hybridized carbons (Fsp3) is 0.368. The van der Waals surface area contributed by atoms with Crippen LogP contribution < -0.4 is 10.6 Å². The number of benzene rings is 1. The van der Waals surface area contributed by atoms with Gasteiger partial charge >= 0.3 is 0 Å². The Morgan fingerprint density at radius 3 is 2.85 bits per heavy atom. The number of para-hydroxylation sites is 1. The standard InChI is InChI=1S/C19H22N4O3/c1-11-5-4-6-13-14(9-12(2)22-17(11)13)19(26)23-8-7-21-18(25)15(23)10-16(24)20-3/h4-6,9,15H,7-8,10H2,1-3H3,(H,20,24)(H,21,25). The van der Waals surface area contributed by atoms with Crippen molar-refractivity contribution in [3.05, 3.63) is 41.1 Å². The number of hydrogen-bond acceptors (Lipinski definition) is 4. The van der Waals surface area contributed by atoms with Gasteiger partial charge in [0.05, 0.1) is 17.5 Å². The Balaban J connectivity index is 2.04. The van der Waals surface area contributed by atoms with Crippen molar-refractivity contribution in [3.63, 3.8) is 0 Å². The number of amides is 3. The van der Waals surface area contributed by atoms with Crippen LogP contribution in [0, 0.1) is 13.8 Å². The lowest BCUT2D eigenvalue weighted by atomic mass is 10.0. The SMILES string of the molecule is CNC(=O)CC1C(=O)NCCN1C(=O)c1cc(C)nc2c(C)cccc12. The molecule has 1 aromatic carbocycles. The van der Waals surface area contributed by atoms with Gasteiger partial charge in [-0.15, -0.1) is 0 Å². The van der Waals surface area contributed by atoms with E-state index in [0.29, 0.717) is 18.7 Å². The average Bonchev–Trinajstić information content (AvgIpc) is 2.63. The molecule has 0 saturated carbocycles. The molecule has 2 heterocycles. The Hall–Kier alpha value is -2.96. The van der Waals surface area contributed by atoms with E-state index in [-0.39, 0.29) is 24.1 Å². The summed E-state index contributed by atoms with van der Waals surface area (Å²) in [6, 6.07) is 6.62. The molecule has 0 aliphatic carbocycles. The van der Waals surface area contributed by atoms with E-state index in [1.54, 1.807) is 6.07 Å². The van der Waals surface area contributed by atoms with Crippen LogP contribution in [0.5, 0.6) is 0 Å².